The fraction of sp³-hybridized carbons (Fsp3) is 0.400. The van der Waals surface area contributed by atoms with Gasteiger partial charge in [0.2, 0.25) is 0 Å². The summed E-state index contributed by atoms with van der Waals surface area (Å²) in [7, 11) is 1.28. The molecule has 88 valence electrons. The Morgan fingerprint density at radius 3 is 2.75 bits per heavy atom. The highest BCUT2D eigenvalue weighted by atomic mass is 32.1. The highest BCUT2D eigenvalue weighted by Crippen LogP contribution is 2.21. The molecule has 0 aliphatic rings. The Hall–Kier alpha value is -1.56. The van der Waals surface area contributed by atoms with E-state index in [2.05, 4.69) is 4.74 Å². The van der Waals surface area contributed by atoms with Crippen LogP contribution < -0.4 is 4.90 Å². The van der Waals surface area contributed by atoms with E-state index in [1.807, 2.05) is 5.38 Å². The number of rotatable bonds is 4. The molecule has 1 aromatic rings. The second-order valence-electron chi connectivity index (χ2n) is 2.85. The average molecular weight is 243 g/mol. The Morgan fingerprint density at radius 1 is 1.50 bits per heavy atom. The van der Waals surface area contributed by atoms with Crippen LogP contribution in [-0.4, -0.2) is 25.9 Å². The van der Waals surface area contributed by atoms with Crippen LogP contribution in [0.2, 0.25) is 0 Å². The molecule has 0 aliphatic carbocycles. The van der Waals surface area contributed by atoms with Crippen LogP contribution in [0.25, 0.3) is 0 Å². The lowest BCUT2D eigenvalue weighted by atomic mass is 10.5. The van der Waals surface area contributed by atoms with Gasteiger partial charge in [-0.2, -0.15) is 0 Å². The summed E-state index contributed by atoms with van der Waals surface area (Å²) in [6, 6.07) is 3.55. The van der Waals surface area contributed by atoms with Gasteiger partial charge in [-0.15, -0.1) is 11.3 Å². The first-order valence-electron chi connectivity index (χ1n) is 4.73. The van der Waals surface area contributed by atoms with Gasteiger partial charge in [0, 0.05) is 6.42 Å². The molecule has 16 heavy (non-hydrogen) atoms. The number of anilines is 1. The van der Waals surface area contributed by atoms with Crippen molar-refractivity contribution in [1.29, 1.82) is 0 Å². The van der Waals surface area contributed by atoms with Gasteiger partial charge in [-0.1, -0.05) is 6.92 Å². The topological polar surface area (TPSA) is 55.8 Å². The summed E-state index contributed by atoms with van der Waals surface area (Å²) in [5.41, 5.74) is 0. The third-order valence-electron chi connectivity index (χ3n) is 1.81. The van der Waals surface area contributed by atoms with E-state index in [-0.39, 0.29) is 19.1 Å². The molecular weight excluding hydrogens is 230 g/mol. The van der Waals surface area contributed by atoms with Gasteiger partial charge in [0.05, 0.1) is 7.11 Å². The third-order valence-corrected chi connectivity index (χ3v) is 2.70. The van der Waals surface area contributed by atoms with Gasteiger partial charge >= 0.3 is 12.1 Å². The van der Waals surface area contributed by atoms with Gasteiger partial charge in [0.25, 0.3) is 0 Å². The molecule has 0 unspecified atom stereocenters. The second-order valence-corrected chi connectivity index (χ2v) is 3.77. The molecule has 0 bridgehead atoms. The first-order chi connectivity index (χ1) is 7.69. The van der Waals surface area contributed by atoms with Crippen molar-refractivity contribution in [3.8, 4) is 0 Å². The molecule has 6 heteroatoms. The van der Waals surface area contributed by atoms with E-state index in [0.717, 1.165) is 0 Å². The molecule has 0 saturated carbocycles. The van der Waals surface area contributed by atoms with Crippen molar-refractivity contribution >= 4 is 28.4 Å². The summed E-state index contributed by atoms with van der Waals surface area (Å²) in [5.74, 6) is -0.356. The zero-order valence-electron chi connectivity index (χ0n) is 9.13. The smallest absolute Gasteiger partial charge is 0.417 e. The van der Waals surface area contributed by atoms with Crippen LogP contribution in [0.5, 0.6) is 0 Å². The Kier molecular flexibility index (Phi) is 4.78. The van der Waals surface area contributed by atoms with Crippen LogP contribution in [0.15, 0.2) is 17.5 Å². The normalized spacial score (nSPS) is 9.62. The third kappa shape index (κ3) is 3.23. The molecule has 0 aromatic carbocycles. The number of hydrogen-bond donors (Lipinski definition) is 0. The number of ether oxygens (including phenoxy) is 2. The molecule has 0 radical (unpaired) electrons. The summed E-state index contributed by atoms with van der Waals surface area (Å²) in [6.45, 7) is 1.57. The van der Waals surface area contributed by atoms with Crippen LogP contribution in [0.1, 0.15) is 13.3 Å². The maximum absolute atomic E-state index is 11.4. The fourth-order valence-electron chi connectivity index (χ4n) is 0.979. The minimum Gasteiger partial charge on any atom is -0.452 e. The van der Waals surface area contributed by atoms with Crippen molar-refractivity contribution < 1.29 is 19.1 Å². The molecule has 0 saturated heterocycles. The zero-order chi connectivity index (χ0) is 12.0. The van der Waals surface area contributed by atoms with Crippen molar-refractivity contribution in [2.75, 3.05) is 18.7 Å². The number of amides is 1. The van der Waals surface area contributed by atoms with E-state index in [9.17, 15) is 9.59 Å². The van der Waals surface area contributed by atoms with Crippen LogP contribution in [0.4, 0.5) is 9.80 Å². The Morgan fingerprint density at radius 2 is 2.25 bits per heavy atom. The molecule has 5 nitrogen and oxygen atoms in total. The summed E-state index contributed by atoms with van der Waals surface area (Å²) >= 11 is 1.37. The summed E-state index contributed by atoms with van der Waals surface area (Å²) in [5, 5.41) is 2.50. The van der Waals surface area contributed by atoms with Crippen molar-refractivity contribution in [1.82, 2.24) is 0 Å². The number of carbonyl (C=O) groups is 2. The molecule has 1 heterocycles. The number of nitrogens with zero attached hydrogens (tertiary/aromatic N) is 1. The number of carbonyl (C=O) groups excluding carboxylic acids is 2. The molecule has 0 N–H and O–H groups in total. The van der Waals surface area contributed by atoms with E-state index in [1.54, 1.807) is 19.1 Å². The quantitative estimate of drug-likeness (QED) is 0.601. The molecule has 1 aromatic heterocycles. The van der Waals surface area contributed by atoms with Gasteiger partial charge in [0.15, 0.2) is 6.73 Å². The molecule has 1 amide bonds. The number of thiophene rings is 1. The molecular formula is C10H13NO4S. The van der Waals surface area contributed by atoms with Crippen LogP contribution in [-0.2, 0) is 14.3 Å². The van der Waals surface area contributed by atoms with E-state index in [0.29, 0.717) is 5.00 Å². The molecule has 1 rings (SSSR count). The standard InChI is InChI=1S/C10H13NO4S/c1-3-9(12)15-7-11(10(13)14-2)8-5-4-6-16-8/h4-6H,3,7H2,1-2H3. The fourth-order valence-corrected chi connectivity index (χ4v) is 1.69. The lowest BCUT2D eigenvalue weighted by molar-refractivity contribution is -0.143. The van der Waals surface area contributed by atoms with Gasteiger partial charge in [-0.05, 0) is 17.5 Å². The highest BCUT2D eigenvalue weighted by Gasteiger charge is 2.18. The predicted molar refractivity (Wildman–Crippen MR) is 60.5 cm³/mol. The number of methoxy groups -OCH3 is 1. The van der Waals surface area contributed by atoms with Crippen molar-refractivity contribution in [3.05, 3.63) is 17.5 Å². The Labute approximate surface area is 97.6 Å². The minimum absolute atomic E-state index is 0.125. The van der Waals surface area contributed by atoms with Crippen molar-refractivity contribution in [2.45, 2.75) is 13.3 Å². The monoisotopic (exact) mass is 243 g/mol. The average Bonchev–Trinajstić information content (AvgIpc) is 2.82. The van der Waals surface area contributed by atoms with Crippen molar-refractivity contribution in [2.24, 2.45) is 0 Å². The maximum Gasteiger partial charge on any atom is 0.417 e. The molecule has 0 aliphatic heterocycles. The summed E-state index contributed by atoms with van der Waals surface area (Å²) in [4.78, 5) is 23.7. The second kappa shape index (κ2) is 6.12. The van der Waals surface area contributed by atoms with Crippen LogP contribution in [0, 0.1) is 0 Å². The van der Waals surface area contributed by atoms with Gasteiger partial charge in [0.1, 0.15) is 5.00 Å². The highest BCUT2D eigenvalue weighted by molar-refractivity contribution is 7.14. The van der Waals surface area contributed by atoms with Crippen LogP contribution >= 0.6 is 11.3 Å². The first-order valence-corrected chi connectivity index (χ1v) is 5.61. The van der Waals surface area contributed by atoms with E-state index in [1.165, 1.54) is 23.3 Å². The lowest BCUT2D eigenvalue weighted by Gasteiger charge is -2.18. The Balaban J connectivity index is 2.66. The van der Waals surface area contributed by atoms with Gasteiger partial charge < -0.3 is 9.47 Å². The number of esters is 1. The predicted octanol–water partition coefficient (Wildman–Crippen LogP) is 2.23. The van der Waals surface area contributed by atoms with E-state index < -0.39 is 6.09 Å². The summed E-state index contributed by atoms with van der Waals surface area (Å²) in [6.07, 6.45) is -0.272. The molecule has 0 fully saturated rings. The SMILES string of the molecule is CCC(=O)OCN(C(=O)OC)c1cccs1. The lowest BCUT2D eigenvalue weighted by Crippen LogP contribution is -2.33. The van der Waals surface area contributed by atoms with E-state index in [4.69, 9.17) is 4.74 Å². The van der Waals surface area contributed by atoms with Crippen LogP contribution in [0.3, 0.4) is 0 Å². The minimum atomic E-state index is -0.550. The Bertz CT molecular complexity index is 350. The zero-order valence-corrected chi connectivity index (χ0v) is 9.95. The largest absolute Gasteiger partial charge is 0.452 e. The molecule has 0 atom stereocenters. The first kappa shape index (κ1) is 12.5. The number of hydrogen-bond acceptors (Lipinski definition) is 5. The maximum atomic E-state index is 11.4. The van der Waals surface area contributed by atoms with Crippen molar-refractivity contribution in [3.63, 3.8) is 0 Å². The molecule has 0 spiro atoms. The summed E-state index contributed by atoms with van der Waals surface area (Å²) < 4.78 is 9.50. The van der Waals surface area contributed by atoms with Gasteiger partial charge in [-0.25, -0.2) is 9.69 Å². The van der Waals surface area contributed by atoms with E-state index >= 15 is 0 Å². The van der Waals surface area contributed by atoms with Gasteiger partial charge in [-0.3, -0.25) is 4.79 Å².